The first-order chi connectivity index (χ1) is 15.9. The quantitative estimate of drug-likeness (QED) is 0.380. The van der Waals surface area contributed by atoms with Gasteiger partial charge < -0.3 is 5.32 Å². The minimum absolute atomic E-state index is 0.145. The van der Waals surface area contributed by atoms with Crippen LogP contribution in [0.4, 0.5) is 18.9 Å². The summed E-state index contributed by atoms with van der Waals surface area (Å²) in [5.74, 6) is -0.374. The molecule has 1 amide bonds. The lowest BCUT2D eigenvalue weighted by atomic mass is 10.1. The molecule has 2 aromatic carbocycles. The fraction of sp³-hybridized carbons (Fsp3) is 0.130. The largest absolute Gasteiger partial charge is 0.435 e. The Balaban J connectivity index is 1.85. The highest BCUT2D eigenvalue weighted by atomic mass is 32.2. The van der Waals surface area contributed by atoms with Crippen molar-refractivity contribution in [2.75, 3.05) is 11.6 Å². The molecule has 0 unspecified atom stereocenters. The molecule has 0 radical (unpaired) electrons. The van der Waals surface area contributed by atoms with E-state index in [2.05, 4.69) is 10.4 Å². The molecule has 2 heterocycles. The average Bonchev–Trinajstić information content (AvgIpc) is 3.40. The summed E-state index contributed by atoms with van der Waals surface area (Å²) in [6.45, 7) is 1.30. The molecule has 11 heteroatoms. The number of hydrogen-bond donors (Lipinski definition) is 1. The van der Waals surface area contributed by atoms with E-state index in [-0.39, 0.29) is 22.2 Å². The molecule has 4 rings (SSSR count). The van der Waals surface area contributed by atoms with Crippen LogP contribution < -0.4 is 5.32 Å². The van der Waals surface area contributed by atoms with E-state index < -0.39 is 21.7 Å². The van der Waals surface area contributed by atoms with E-state index in [9.17, 15) is 26.4 Å². The molecule has 0 saturated carbocycles. The number of carbonyl (C=O) groups excluding carboxylic acids is 1. The number of anilines is 1. The van der Waals surface area contributed by atoms with Crippen LogP contribution in [0.2, 0.25) is 0 Å². The number of rotatable bonds is 5. The maximum atomic E-state index is 13.6. The van der Waals surface area contributed by atoms with E-state index in [0.29, 0.717) is 21.7 Å². The Morgan fingerprint density at radius 2 is 1.76 bits per heavy atom. The predicted octanol–water partition coefficient (Wildman–Crippen LogP) is 5.65. The minimum Gasteiger partial charge on any atom is -0.324 e. The summed E-state index contributed by atoms with van der Waals surface area (Å²) in [7, 11) is -3.42. The molecule has 0 aliphatic rings. The summed E-state index contributed by atoms with van der Waals surface area (Å²) >= 11 is 1.20. The summed E-state index contributed by atoms with van der Waals surface area (Å²) in [5.41, 5.74) is 0.964. The molecule has 0 aliphatic carbocycles. The number of nitrogens with zero attached hydrogens (tertiary/aromatic N) is 2. The van der Waals surface area contributed by atoms with Gasteiger partial charge in [0.15, 0.2) is 15.5 Å². The minimum atomic E-state index is -4.67. The van der Waals surface area contributed by atoms with Crippen molar-refractivity contribution in [2.45, 2.75) is 18.0 Å². The summed E-state index contributed by atoms with van der Waals surface area (Å²) in [4.78, 5) is 12.2. The molecule has 0 fully saturated rings. The number of halogens is 3. The number of amides is 1. The number of benzene rings is 2. The molecular weight excluding hydrogens is 487 g/mol. The van der Waals surface area contributed by atoms with E-state index in [4.69, 9.17) is 0 Å². The second-order valence-electron chi connectivity index (χ2n) is 7.52. The van der Waals surface area contributed by atoms with Crippen molar-refractivity contribution in [2.24, 2.45) is 0 Å². The Bertz CT molecular complexity index is 1490. The third-order valence-electron chi connectivity index (χ3n) is 4.89. The van der Waals surface area contributed by atoms with Gasteiger partial charge in [0.05, 0.1) is 26.8 Å². The maximum absolute atomic E-state index is 13.6. The van der Waals surface area contributed by atoms with E-state index in [0.717, 1.165) is 17.0 Å². The van der Waals surface area contributed by atoms with Gasteiger partial charge in [-0.1, -0.05) is 24.3 Å². The van der Waals surface area contributed by atoms with Gasteiger partial charge in [0.1, 0.15) is 0 Å². The molecule has 1 N–H and O–H groups in total. The van der Waals surface area contributed by atoms with Crippen LogP contribution in [-0.4, -0.2) is 30.4 Å². The van der Waals surface area contributed by atoms with Gasteiger partial charge >= 0.3 is 6.18 Å². The SMILES string of the molecule is CC(=O)Nc1ccccc1-n1nc(C(F)(F)F)cc1-c1cc(-c2cccc(S(C)(=O)=O)c2)cs1. The average molecular weight is 506 g/mol. The van der Waals surface area contributed by atoms with Gasteiger partial charge in [0.25, 0.3) is 0 Å². The van der Waals surface area contributed by atoms with E-state index in [1.165, 1.54) is 30.4 Å². The van der Waals surface area contributed by atoms with E-state index in [1.807, 2.05) is 0 Å². The van der Waals surface area contributed by atoms with Crippen molar-refractivity contribution in [3.8, 4) is 27.4 Å². The predicted molar refractivity (Wildman–Crippen MR) is 125 cm³/mol. The van der Waals surface area contributed by atoms with Crippen LogP contribution in [0.15, 0.2) is 70.9 Å². The fourth-order valence-corrected chi connectivity index (χ4v) is 4.95. The lowest BCUT2D eigenvalue weighted by Crippen LogP contribution is -2.11. The number of aromatic nitrogens is 2. The molecule has 176 valence electrons. The Kier molecular flexibility index (Phi) is 6.09. The van der Waals surface area contributed by atoms with Crippen molar-refractivity contribution in [1.29, 1.82) is 0 Å². The standard InChI is InChI=1S/C23H18F3N3O3S2/c1-14(30)27-18-8-3-4-9-19(18)29-20(12-22(28-29)23(24,25)26)21-11-16(13-33-21)15-6-5-7-17(10-15)34(2,31)32/h3-13H,1-2H3,(H,27,30). The molecule has 0 spiro atoms. The van der Waals surface area contributed by atoms with Gasteiger partial charge in [0.2, 0.25) is 5.91 Å². The van der Waals surface area contributed by atoms with Crippen LogP contribution in [0.5, 0.6) is 0 Å². The van der Waals surface area contributed by atoms with Crippen LogP contribution >= 0.6 is 11.3 Å². The first-order valence-corrected chi connectivity index (χ1v) is 12.6. The third-order valence-corrected chi connectivity index (χ3v) is 6.95. The molecule has 0 atom stereocenters. The summed E-state index contributed by atoms with van der Waals surface area (Å²) in [6, 6.07) is 15.4. The number of hydrogen-bond acceptors (Lipinski definition) is 5. The van der Waals surface area contributed by atoms with Gasteiger partial charge in [-0.05, 0) is 52.9 Å². The number of alkyl halides is 3. The summed E-state index contributed by atoms with van der Waals surface area (Å²) in [6.07, 6.45) is -3.57. The van der Waals surface area contributed by atoms with Crippen LogP contribution in [-0.2, 0) is 20.8 Å². The maximum Gasteiger partial charge on any atom is 0.435 e. The molecular formula is C23H18F3N3O3S2. The molecule has 0 bridgehead atoms. The lowest BCUT2D eigenvalue weighted by molar-refractivity contribution is -0.141. The number of sulfone groups is 1. The van der Waals surface area contributed by atoms with Gasteiger partial charge in [-0.2, -0.15) is 18.3 Å². The fourth-order valence-electron chi connectivity index (χ4n) is 3.36. The highest BCUT2D eigenvalue weighted by Gasteiger charge is 2.35. The molecule has 4 aromatic rings. The molecule has 6 nitrogen and oxygen atoms in total. The molecule has 0 saturated heterocycles. The highest BCUT2D eigenvalue weighted by molar-refractivity contribution is 7.90. The van der Waals surface area contributed by atoms with Crippen LogP contribution in [0.1, 0.15) is 12.6 Å². The van der Waals surface area contributed by atoms with Gasteiger partial charge in [0, 0.05) is 13.2 Å². The summed E-state index contributed by atoms with van der Waals surface area (Å²) < 4.78 is 65.6. The molecule has 34 heavy (non-hydrogen) atoms. The zero-order valence-electron chi connectivity index (χ0n) is 17.9. The van der Waals surface area contributed by atoms with Gasteiger partial charge in [-0.25, -0.2) is 13.1 Å². The second-order valence-corrected chi connectivity index (χ2v) is 10.4. The molecule has 0 aliphatic heterocycles. The van der Waals surface area contributed by atoms with Crippen LogP contribution in [0.3, 0.4) is 0 Å². The van der Waals surface area contributed by atoms with E-state index in [1.54, 1.807) is 47.8 Å². The van der Waals surface area contributed by atoms with Crippen molar-refractivity contribution >= 4 is 32.8 Å². The topological polar surface area (TPSA) is 81.1 Å². The second kappa shape index (κ2) is 8.73. The molecule has 2 aromatic heterocycles. The Hall–Kier alpha value is -3.44. The van der Waals surface area contributed by atoms with Gasteiger partial charge in [-0.3, -0.25) is 4.79 Å². The van der Waals surface area contributed by atoms with Crippen LogP contribution in [0, 0.1) is 0 Å². The van der Waals surface area contributed by atoms with Gasteiger partial charge in [-0.15, -0.1) is 11.3 Å². The highest BCUT2D eigenvalue weighted by Crippen LogP contribution is 2.38. The van der Waals surface area contributed by atoms with E-state index >= 15 is 0 Å². The third kappa shape index (κ3) is 4.90. The van der Waals surface area contributed by atoms with Crippen molar-refractivity contribution in [3.05, 3.63) is 71.7 Å². The Morgan fingerprint density at radius 3 is 2.44 bits per heavy atom. The van der Waals surface area contributed by atoms with Crippen molar-refractivity contribution in [3.63, 3.8) is 0 Å². The zero-order valence-corrected chi connectivity index (χ0v) is 19.6. The normalized spacial score (nSPS) is 12.0. The Labute approximate surface area is 197 Å². The Morgan fingerprint density at radius 1 is 1.03 bits per heavy atom. The first-order valence-electron chi connectivity index (χ1n) is 9.87. The monoisotopic (exact) mass is 505 g/mol. The number of carbonyl (C=O) groups is 1. The number of para-hydroxylation sites is 2. The lowest BCUT2D eigenvalue weighted by Gasteiger charge is -2.12. The number of nitrogens with one attached hydrogen (secondary N) is 1. The van der Waals surface area contributed by atoms with Crippen molar-refractivity contribution in [1.82, 2.24) is 9.78 Å². The zero-order chi connectivity index (χ0) is 24.7. The number of thiophene rings is 1. The first kappa shape index (κ1) is 23.7. The van der Waals surface area contributed by atoms with Crippen molar-refractivity contribution < 1.29 is 26.4 Å². The smallest absolute Gasteiger partial charge is 0.324 e. The summed E-state index contributed by atoms with van der Waals surface area (Å²) in [5, 5.41) is 8.14. The van der Waals surface area contributed by atoms with Crippen LogP contribution in [0.25, 0.3) is 27.4 Å².